The Morgan fingerprint density at radius 2 is 1.00 bits per heavy atom. The fourth-order valence-electron chi connectivity index (χ4n) is 5.33. The van der Waals surface area contributed by atoms with Crippen molar-refractivity contribution < 1.29 is 4.39 Å². The maximum Gasteiger partial charge on any atom is 0.136 e. The average molecular weight is 368 g/mol. The first-order valence-electron chi connectivity index (χ1n) is 10.8. The molecular weight excluding hydrogens is 333 g/mol. The highest BCUT2D eigenvalue weighted by Gasteiger charge is 2.24. The molecule has 27 heavy (non-hydrogen) atoms. The van der Waals surface area contributed by atoms with Gasteiger partial charge >= 0.3 is 0 Å². The van der Waals surface area contributed by atoms with Crippen molar-refractivity contribution in [1.29, 1.82) is 0 Å². The van der Waals surface area contributed by atoms with Crippen LogP contribution in [0.15, 0.2) is 0 Å². The molecule has 0 fully saturated rings. The van der Waals surface area contributed by atoms with Crippen LogP contribution in [0, 0.1) is 12.7 Å². The number of hydrogen-bond donors (Lipinski definition) is 1. The number of H-pyrrole nitrogens is 1. The number of hydrogen-bond acceptors (Lipinski definition) is 0. The van der Waals surface area contributed by atoms with Gasteiger partial charge in [-0.15, -0.1) is 0 Å². The second-order valence-corrected chi connectivity index (χ2v) is 7.56. The van der Waals surface area contributed by atoms with Crippen molar-refractivity contribution in [2.75, 3.05) is 0 Å². The second kappa shape index (κ2) is 7.66. The van der Waals surface area contributed by atoms with Gasteiger partial charge in [-0.3, -0.25) is 0 Å². The van der Waals surface area contributed by atoms with Gasteiger partial charge in [0.1, 0.15) is 5.82 Å². The Bertz CT molecular complexity index is 1010. The van der Waals surface area contributed by atoms with E-state index in [4.69, 9.17) is 0 Å². The lowest BCUT2D eigenvalue weighted by Crippen LogP contribution is -2.03. The molecule has 0 aliphatic heterocycles. The molecule has 2 aromatic carbocycles. The Kier molecular flexibility index (Phi) is 5.65. The zero-order valence-corrected chi connectivity index (χ0v) is 18.1. The van der Waals surface area contributed by atoms with E-state index in [1.807, 2.05) is 0 Å². The van der Waals surface area contributed by atoms with Gasteiger partial charge in [-0.25, -0.2) is 4.39 Å². The van der Waals surface area contributed by atoms with Crippen LogP contribution in [0.2, 0.25) is 0 Å². The van der Waals surface area contributed by atoms with Crippen LogP contribution in [-0.4, -0.2) is 4.98 Å². The topological polar surface area (TPSA) is 15.8 Å². The minimum atomic E-state index is 0.00759. The molecule has 0 saturated carbocycles. The van der Waals surface area contributed by atoms with Crippen molar-refractivity contribution in [2.45, 2.75) is 87.0 Å². The molecule has 1 nitrogen and oxygen atoms in total. The Balaban J connectivity index is 2.69. The summed E-state index contributed by atoms with van der Waals surface area (Å²) in [6.07, 6.45) is 5.50. The number of nitrogens with one attached hydrogen (secondary N) is 1. The minimum absolute atomic E-state index is 0.00759. The van der Waals surface area contributed by atoms with Crippen LogP contribution in [-0.2, 0) is 38.5 Å². The second-order valence-electron chi connectivity index (χ2n) is 7.56. The standard InChI is InChI=1S/C25H34FN/c1-8-15-14(7)16(9-2)21-22-23(26)18(11-4)17(10-3)20(13-6)25(22)27-24(21)19(15)12-5/h27H,8-13H2,1-7H3. The summed E-state index contributed by atoms with van der Waals surface area (Å²) in [6, 6.07) is 0. The van der Waals surface area contributed by atoms with Crippen LogP contribution in [0.4, 0.5) is 4.39 Å². The monoisotopic (exact) mass is 367 g/mol. The quantitative estimate of drug-likeness (QED) is 0.476. The maximum atomic E-state index is 15.8. The Morgan fingerprint density at radius 3 is 1.48 bits per heavy atom. The van der Waals surface area contributed by atoms with Gasteiger partial charge in [-0.05, 0) is 84.4 Å². The van der Waals surface area contributed by atoms with Crippen LogP contribution in [0.1, 0.15) is 80.5 Å². The zero-order chi connectivity index (χ0) is 19.9. The van der Waals surface area contributed by atoms with Gasteiger partial charge in [0, 0.05) is 10.8 Å². The van der Waals surface area contributed by atoms with E-state index in [1.54, 1.807) is 0 Å². The third-order valence-electron chi connectivity index (χ3n) is 6.51. The highest BCUT2D eigenvalue weighted by molar-refractivity contribution is 6.12. The fraction of sp³-hybridized carbons (Fsp3) is 0.520. The first-order chi connectivity index (χ1) is 13.0. The van der Waals surface area contributed by atoms with Gasteiger partial charge in [0.05, 0.1) is 11.0 Å². The molecule has 0 unspecified atom stereocenters. The molecule has 3 rings (SSSR count). The summed E-state index contributed by atoms with van der Waals surface area (Å²) in [5, 5.41) is 1.98. The summed E-state index contributed by atoms with van der Waals surface area (Å²) in [5.74, 6) is 0.00759. The van der Waals surface area contributed by atoms with Crippen LogP contribution >= 0.6 is 0 Å². The number of halogens is 1. The van der Waals surface area contributed by atoms with Crippen LogP contribution in [0.3, 0.4) is 0 Å². The van der Waals surface area contributed by atoms with E-state index in [0.717, 1.165) is 60.4 Å². The zero-order valence-electron chi connectivity index (χ0n) is 18.1. The van der Waals surface area contributed by atoms with Gasteiger partial charge in [0.25, 0.3) is 0 Å². The third kappa shape index (κ3) is 2.71. The molecule has 0 amide bonds. The molecule has 0 spiro atoms. The van der Waals surface area contributed by atoms with Crippen molar-refractivity contribution >= 4 is 21.8 Å². The molecule has 0 bridgehead atoms. The van der Waals surface area contributed by atoms with Gasteiger partial charge in [-0.2, -0.15) is 0 Å². The highest BCUT2D eigenvalue weighted by atomic mass is 19.1. The maximum absolute atomic E-state index is 15.8. The van der Waals surface area contributed by atoms with E-state index in [-0.39, 0.29) is 5.82 Å². The molecule has 1 N–H and O–H groups in total. The molecule has 0 saturated heterocycles. The molecule has 0 radical (unpaired) electrons. The smallest absolute Gasteiger partial charge is 0.136 e. The molecule has 3 aromatic rings. The van der Waals surface area contributed by atoms with E-state index in [0.29, 0.717) is 0 Å². The van der Waals surface area contributed by atoms with E-state index in [9.17, 15) is 0 Å². The van der Waals surface area contributed by atoms with Crippen LogP contribution in [0.5, 0.6) is 0 Å². The van der Waals surface area contributed by atoms with E-state index < -0.39 is 0 Å². The number of rotatable bonds is 6. The van der Waals surface area contributed by atoms with Crippen molar-refractivity contribution in [1.82, 2.24) is 4.98 Å². The summed E-state index contributed by atoms with van der Waals surface area (Å²) in [6.45, 7) is 15.3. The molecule has 1 aromatic heterocycles. The van der Waals surface area contributed by atoms with Gasteiger partial charge < -0.3 is 4.98 Å². The van der Waals surface area contributed by atoms with Crippen molar-refractivity contribution in [3.05, 3.63) is 44.8 Å². The van der Waals surface area contributed by atoms with Gasteiger partial charge in [-0.1, -0.05) is 41.5 Å². The molecule has 146 valence electrons. The van der Waals surface area contributed by atoms with Crippen LogP contribution in [0.25, 0.3) is 21.8 Å². The lowest BCUT2D eigenvalue weighted by Gasteiger charge is -2.17. The number of fused-ring (bicyclic) bond motifs is 3. The minimum Gasteiger partial charge on any atom is -0.354 e. The predicted molar refractivity (Wildman–Crippen MR) is 117 cm³/mol. The fourth-order valence-corrected chi connectivity index (χ4v) is 5.33. The first kappa shape index (κ1) is 19.9. The summed E-state index contributed by atoms with van der Waals surface area (Å²) < 4.78 is 15.8. The molecule has 0 aliphatic carbocycles. The van der Waals surface area contributed by atoms with E-state index in [2.05, 4.69) is 53.5 Å². The number of aromatic amines is 1. The van der Waals surface area contributed by atoms with Gasteiger partial charge in [0.2, 0.25) is 0 Å². The van der Waals surface area contributed by atoms with Crippen molar-refractivity contribution in [3.63, 3.8) is 0 Å². The highest BCUT2D eigenvalue weighted by Crippen LogP contribution is 2.41. The van der Waals surface area contributed by atoms with Crippen molar-refractivity contribution in [2.24, 2.45) is 0 Å². The molecular formula is C25H34FN. The predicted octanol–water partition coefficient (Wildman–Crippen LogP) is 7.14. The largest absolute Gasteiger partial charge is 0.354 e. The average Bonchev–Trinajstić information content (AvgIpc) is 3.06. The lowest BCUT2D eigenvalue weighted by atomic mass is 9.87. The summed E-state index contributed by atoms with van der Waals surface area (Å²) in [7, 11) is 0. The third-order valence-corrected chi connectivity index (χ3v) is 6.51. The van der Waals surface area contributed by atoms with Crippen LogP contribution < -0.4 is 0 Å². The Labute approximate surface area is 163 Å². The molecule has 0 atom stereocenters. The summed E-state index contributed by atoms with van der Waals surface area (Å²) in [4.78, 5) is 3.72. The molecule has 2 heteroatoms. The first-order valence-corrected chi connectivity index (χ1v) is 10.8. The SMILES string of the molecule is CCc1c(CC)c(F)c2c([nH]c3c(CC)c(CC)c(C)c(CC)c32)c1CC. The molecule has 0 aliphatic rings. The number of aromatic nitrogens is 1. The lowest BCUT2D eigenvalue weighted by molar-refractivity contribution is 0.621. The number of benzene rings is 2. The van der Waals surface area contributed by atoms with E-state index >= 15 is 4.39 Å². The van der Waals surface area contributed by atoms with E-state index in [1.165, 1.54) is 38.9 Å². The summed E-state index contributed by atoms with van der Waals surface area (Å²) >= 11 is 0. The Hall–Kier alpha value is -1.83. The Morgan fingerprint density at radius 1 is 0.556 bits per heavy atom. The normalized spacial score (nSPS) is 11.9. The van der Waals surface area contributed by atoms with Gasteiger partial charge in [0.15, 0.2) is 0 Å². The summed E-state index contributed by atoms with van der Waals surface area (Å²) in [5.41, 5.74) is 11.1. The molecule has 1 heterocycles. The number of aryl methyl sites for hydroxylation is 3. The van der Waals surface area contributed by atoms with Crippen molar-refractivity contribution in [3.8, 4) is 0 Å².